The molecule has 4 aliphatic rings. The molecule has 3 aromatic carbocycles. The van der Waals surface area contributed by atoms with Crippen LogP contribution in [-0.4, -0.2) is 105 Å². The summed E-state index contributed by atoms with van der Waals surface area (Å²) in [4.78, 5) is 90.0. The number of hydrogen-bond donors (Lipinski definition) is 3. The van der Waals surface area contributed by atoms with Crippen LogP contribution in [0.25, 0.3) is 11.3 Å². The normalized spacial score (nSPS) is 19.1. The Morgan fingerprint density at radius 3 is 2.34 bits per heavy atom. The van der Waals surface area contributed by atoms with E-state index >= 15 is 0 Å². The number of nitrogens with zero attached hydrogens (tertiary/aromatic N) is 6. The van der Waals surface area contributed by atoms with Crippen molar-refractivity contribution in [3.8, 4) is 11.3 Å². The Bertz CT molecular complexity index is 2500. The number of hydrogen-bond acceptors (Lipinski definition) is 12. The van der Waals surface area contributed by atoms with Crippen LogP contribution in [0.1, 0.15) is 115 Å². The number of benzene rings is 3. The Labute approximate surface area is 378 Å². The van der Waals surface area contributed by atoms with Crippen molar-refractivity contribution in [3.63, 3.8) is 0 Å². The van der Waals surface area contributed by atoms with E-state index in [4.69, 9.17) is 4.74 Å². The zero-order valence-electron chi connectivity index (χ0n) is 37.2. The lowest BCUT2D eigenvalue weighted by atomic mass is 9.94. The molecule has 5 heterocycles. The molecule has 2 saturated heterocycles. The number of carbonyl (C=O) groups is 6. The molecular weight excluding hydrogens is 827 g/mol. The molecule has 4 aliphatic heterocycles. The summed E-state index contributed by atoms with van der Waals surface area (Å²) in [6.07, 6.45) is 6.75. The predicted molar refractivity (Wildman–Crippen MR) is 244 cm³/mol. The van der Waals surface area contributed by atoms with E-state index in [2.05, 4.69) is 35.9 Å². The summed E-state index contributed by atoms with van der Waals surface area (Å²) < 4.78 is 6.28. The van der Waals surface area contributed by atoms with Crippen molar-refractivity contribution < 1.29 is 33.5 Å². The minimum atomic E-state index is -1.04. The molecule has 0 saturated carbocycles. The Kier molecular flexibility index (Phi) is 12.9. The summed E-state index contributed by atoms with van der Waals surface area (Å²) in [5.41, 5.74) is 2.95. The molecule has 65 heavy (non-hydrogen) atoms. The highest BCUT2D eigenvalue weighted by Gasteiger charge is 2.45. The van der Waals surface area contributed by atoms with Crippen LogP contribution in [0.4, 0.5) is 11.5 Å². The number of aromatic nitrogens is 2. The van der Waals surface area contributed by atoms with E-state index in [0.29, 0.717) is 69.6 Å². The van der Waals surface area contributed by atoms with Gasteiger partial charge in [-0.2, -0.15) is 5.10 Å². The number of nitrogens with one attached hydrogen (secondary N) is 3. The molecule has 2 atom stereocenters. The first-order chi connectivity index (χ1) is 31.2. The number of carbonyl (C=O) groups excluding carboxylic acids is 6. The van der Waals surface area contributed by atoms with Crippen molar-refractivity contribution >= 4 is 53.2 Å². The van der Waals surface area contributed by atoms with Gasteiger partial charge in [0.25, 0.3) is 17.7 Å². The van der Waals surface area contributed by atoms with Crippen LogP contribution in [0, 0.1) is 5.92 Å². The van der Waals surface area contributed by atoms with Crippen molar-refractivity contribution in [1.82, 2.24) is 30.5 Å². The van der Waals surface area contributed by atoms with Gasteiger partial charge in [-0.1, -0.05) is 48.5 Å². The number of piperidine rings is 2. The zero-order valence-corrected chi connectivity index (χ0v) is 37.2. The second kappa shape index (κ2) is 18.7. The molecule has 2 unspecified atom stereocenters. The highest BCUT2D eigenvalue weighted by molar-refractivity contribution is 6.25. The van der Waals surface area contributed by atoms with Crippen LogP contribution in [-0.2, 0) is 19.1 Å². The summed E-state index contributed by atoms with van der Waals surface area (Å²) in [6.45, 7) is 10.0. The van der Waals surface area contributed by atoms with Gasteiger partial charge in [-0.05, 0) is 89.6 Å². The number of imide groups is 2. The summed E-state index contributed by atoms with van der Waals surface area (Å²) in [5.74, 6) is -1.65. The van der Waals surface area contributed by atoms with E-state index in [0.717, 1.165) is 27.5 Å². The topological polar surface area (TPSA) is 196 Å². The van der Waals surface area contributed by atoms with Crippen LogP contribution in [0.3, 0.4) is 0 Å². The number of anilines is 2. The fraction of sp³-hybridized carbons (Fsp3) is 0.408. The lowest BCUT2D eigenvalue weighted by Crippen LogP contribution is -2.54. The molecule has 0 aliphatic carbocycles. The quantitative estimate of drug-likeness (QED) is 0.120. The lowest BCUT2D eigenvalue weighted by molar-refractivity contribution is -0.138. The van der Waals surface area contributed by atoms with E-state index in [9.17, 15) is 28.8 Å². The largest absolute Gasteiger partial charge is 0.384 e. The van der Waals surface area contributed by atoms with Crippen molar-refractivity contribution in [2.45, 2.75) is 95.9 Å². The van der Waals surface area contributed by atoms with Crippen molar-refractivity contribution in [3.05, 3.63) is 107 Å². The zero-order chi connectivity index (χ0) is 45.9. The molecule has 0 spiro atoms. The van der Waals surface area contributed by atoms with Gasteiger partial charge < -0.3 is 20.3 Å². The molecule has 338 valence electrons. The first-order valence-electron chi connectivity index (χ1n) is 22.3. The van der Waals surface area contributed by atoms with Crippen LogP contribution >= 0.6 is 0 Å². The molecular formula is C49H55N9O7. The fourth-order valence-electron chi connectivity index (χ4n) is 8.85. The van der Waals surface area contributed by atoms with Gasteiger partial charge in [0.05, 0.1) is 28.5 Å². The highest BCUT2D eigenvalue weighted by Crippen LogP contribution is 2.35. The third kappa shape index (κ3) is 9.97. The number of ether oxygens (including phenoxy) is 1. The molecule has 1 aromatic heterocycles. The Morgan fingerprint density at radius 2 is 1.60 bits per heavy atom. The average Bonchev–Trinajstić information content (AvgIpc) is 3.89. The van der Waals surface area contributed by atoms with Gasteiger partial charge in [-0.3, -0.25) is 39.0 Å². The van der Waals surface area contributed by atoms with Gasteiger partial charge in [-0.25, -0.2) is 15.0 Å². The monoisotopic (exact) mass is 881 g/mol. The molecule has 16 nitrogen and oxygen atoms in total. The van der Waals surface area contributed by atoms with Crippen LogP contribution in [0.2, 0.25) is 0 Å². The summed E-state index contributed by atoms with van der Waals surface area (Å²) in [7, 11) is 0. The summed E-state index contributed by atoms with van der Waals surface area (Å²) >= 11 is 0. The third-order valence-corrected chi connectivity index (χ3v) is 12.7. The molecule has 0 bridgehead atoms. The van der Waals surface area contributed by atoms with Crippen molar-refractivity contribution in [2.75, 3.05) is 36.5 Å². The summed E-state index contributed by atoms with van der Waals surface area (Å²) in [6, 6.07) is 23.2. The van der Waals surface area contributed by atoms with E-state index in [1.807, 2.05) is 82.4 Å². The Balaban J connectivity index is 0.784. The van der Waals surface area contributed by atoms with Gasteiger partial charge in [0.15, 0.2) is 0 Å². The molecule has 3 N–H and O–H groups in total. The molecule has 0 radical (unpaired) electrons. The Morgan fingerprint density at radius 1 is 0.846 bits per heavy atom. The predicted octanol–water partition coefficient (Wildman–Crippen LogP) is 5.92. The van der Waals surface area contributed by atoms with Gasteiger partial charge >= 0.3 is 0 Å². The second-order valence-corrected chi connectivity index (χ2v) is 18.3. The third-order valence-electron chi connectivity index (χ3n) is 12.7. The average molecular weight is 882 g/mol. The number of rotatable bonds is 15. The van der Waals surface area contributed by atoms with E-state index in [1.165, 1.54) is 0 Å². The first-order valence-corrected chi connectivity index (χ1v) is 22.3. The fourth-order valence-corrected chi connectivity index (χ4v) is 8.85. The smallest absolute Gasteiger partial charge is 0.264 e. The molecule has 6 amide bonds. The number of fused-ring (bicyclic) bond motifs is 1. The van der Waals surface area contributed by atoms with E-state index < -0.39 is 40.8 Å². The molecule has 8 rings (SSSR count). The van der Waals surface area contributed by atoms with Gasteiger partial charge in [0, 0.05) is 79.6 Å². The molecule has 2 fully saturated rings. The maximum atomic E-state index is 13.6. The highest BCUT2D eigenvalue weighted by atomic mass is 16.5. The summed E-state index contributed by atoms with van der Waals surface area (Å²) in [5, 5.41) is 14.8. The van der Waals surface area contributed by atoms with Crippen LogP contribution in [0.5, 0.6) is 0 Å². The van der Waals surface area contributed by atoms with Crippen LogP contribution in [0.15, 0.2) is 90.3 Å². The lowest BCUT2D eigenvalue weighted by Gasteiger charge is -2.34. The van der Waals surface area contributed by atoms with Gasteiger partial charge in [0.1, 0.15) is 18.2 Å². The molecule has 4 aromatic rings. The maximum absolute atomic E-state index is 13.6. The van der Waals surface area contributed by atoms with Crippen LogP contribution < -0.4 is 20.9 Å². The van der Waals surface area contributed by atoms with Crippen molar-refractivity contribution in [2.24, 2.45) is 11.0 Å². The second-order valence-electron chi connectivity index (χ2n) is 18.3. The Hall–Kier alpha value is -6.81. The minimum absolute atomic E-state index is 0.0514. The van der Waals surface area contributed by atoms with Crippen molar-refractivity contribution in [1.29, 1.82) is 0 Å². The standard InChI is InChI=1S/C49H55N9O7/c1-48(2,23-28-65-49(3,4)22-25-50-36-12-8-11-35-42(36)47(64)57(46(35)63)39-17-18-41(59)54-44(39)61)55-43(60)33-15-13-31(14-16-33)37-29-40(52-30-51-37)56-26-20-34(21-27-56)45(62)58-38(19-24-53-58)32-9-6-5-7-10-32/h5-16,24,29-30,34,38-39,50H,17-23,25-28H2,1-4H3,(H,55,60)(H,54,59,61). The van der Waals surface area contributed by atoms with E-state index in [-0.39, 0.29) is 47.7 Å². The number of amides is 6. The maximum Gasteiger partial charge on any atom is 0.264 e. The first kappa shape index (κ1) is 44.8. The SMILES string of the molecule is CC(C)(CCOC(C)(C)CCNc1cccc2c1C(=O)N(C1CCC(=O)NC1=O)C2=O)NC(=O)c1ccc(-c2cc(N3CCC(C(=O)N4N=CCC4c4ccccc4)CC3)ncn2)cc1. The molecule has 16 heteroatoms. The number of hydrazone groups is 1. The van der Waals surface area contributed by atoms with Gasteiger partial charge in [-0.15, -0.1) is 0 Å². The van der Waals surface area contributed by atoms with E-state index in [1.54, 1.807) is 41.7 Å². The minimum Gasteiger partial charge on any atom is -0.384 e. The van der Waals surface area contributed by atoms with Gasteiger partial charge in [0.2, 0.25) is 17.7 Å².